The topological polar surface area (TPSA) is 66.8 Å². The number of benzene rings is 1. The maximum absolute atomic E-state index is 12.4. The van der Waals surface area contributed by atoms with Crippen molar-refractivity contribution in [1.29, 1.82) is 0 Å². The van der Waals surface area contributed by atoms with E-state index in [0.29, 0.717) is 32.2 Å². The Morgan fingerprint density at radius 3 is 2.74 bits per heavy atom. The molecule has 124 valence electrons. The average molecular weight is 317 g/mol. The van der Waals surface area contributed by atoms with E-state index in [1.807, 2.05) is 42.5 Å². The largest absolute Gasteiger partial charge is 0.479 e. The summed E-state index contributed by atoms with van der Waals surface area (Å²) in [5.74, 6) is -1.11. The van der Waals surface area contributed by atoms with E-state index in [9.17, 15) is 14.7 Å². The summed E-state index contributed by atoms with van der Waals surface area (Å²) in [6, 6.07) is 9.86. The van der Waals surface area contributed by atoms with Crippen molar-refractivity contribution < 1.29 is 19.4 Å². The third kappa shape index (κ3) is 3.99. The normalized spacial score (nSPS) is 21.0. The van der Waals surface area contributed by atoms with Gasteiger partial charge in [-0.3, -0.25) is 4.79 Å². The second kappa shape index (κ2) is 7.92. The Hall–Kier alpha value is -2.14. The van der Waals surface area contributed by atoms with Crippen molar-refractivity contribution in [3.63, 3.8) is 0 Å². The number of hydrogen-bond acceptors (Lipinski definition) is 3. The van der Waals surface area contributed by atoms with Crippen LogP contribution in [0.25, 0.3) is 6.08 Å². The molecular formula is C18H23NO4. The van der Waals surface area contributed by atoms with E-state index in [1.54, 1.807) is 0 Å². The van der Waals surface area contributed by atoms with Gasteiger partial charge in [-0.1, -0.05) is 42.5 Å². The maximum atomic E-state index is 12.4. The van der Waals surface area contributed by atoms with Crippen LogP contribution in [0.3, 0.4) is 0 Å². The molecule has 5 nitrogen and oxygen atoms in total. The molecule has 1 unspecified atom stereocenters. The first-order chi connectivity index (χ1) is 11.1. The van der Waals surface area contributed by atoms with Gasteiger partial charge in [0.25, 0.3) is 0 Å². The molecule has 0 aromatic heterocycles. The molecule has 1 N–H and O–H groups in total. The van der Waals surface area contributed by atoms with Gasteiger partial charge >= 0.3 is 5.97 Å². The summed E-state index contributed by atoms with van der Waals surface area (Å²) in [4.78, 5) is 25.6. The van der Waals surface area contributed by atoms with Crippen molar-refractivity contribution in [3.8, 4) is 0 Å². The summed E-state index contributed by atoms with van der Waals surface area (Å²) in [7, 11) is 1.47. The Balaban J connectivity index is 1.94. The number of carboxylic acids is 1. The lowest BCUT2D eigenvalue weighted by Crippen LogP contribution is -2.56. The number of nitrogens with zero attached hydrogens (tertiary/aromatic N) is 1. The molecule has 0 radical (unpaired) electrons. The zero-order valence-corrected chi connectivity index (χ0v) is 13.4. The van der Waals surface area contributed by atoms with Crippen LogP contribution in [0.5, 0.6) is 0 Å². The smallest absolute Gasteiger partial charge is 0.332 e. The first kappa shape index (κ1) is 17.2. The number of rotatable bonds is 7. The molecule has 1 aliphatic heterocycles. The summed E-state index contributed by atoms with van der Waals surface area (Å²) in [5.41, 5.74) is -0.116. The molecule has 0 saturated carbocycles. The molecule has 1 saturated heterocycles. The van der Waals surface area contributed by atoms with E-state index in [0.717, 1.165) is 5.56 Å². The van der Waals surface area contributed by atoms with Crippen molar-refractivity contribution in [2.75, 3.05) is 20.3 Å². The molecule has 1 aromatic carbocycles. The number of carbonyl (C=O) groups is 2. The summed E-state index contributed by atoms with van der Waals surface area (Å²) < 4.78 is 5.07. The Bertz CT molecular complexity index is 570. The van der Waals surface area contributed by atoms with Crippen molar-refractivity contribution in [3.05, 3.63) is 42.0 Å². The number of allylic oxidation sites excluding steroid dienone is 1. The first-order valence-corrected chi connectivity index (χ1v) is 7.84. The lowest BCUT2D eigenvalue weighted by molar-refractivity contribution is -0.160. The summed E-state index contributed by atoms with van der Waals surface area (Å²) in [5, 5.41) is 9.55. The number of likely N-dealkylation sites (tertiary alicyclic amines) is 1. The predicted molar refractivity (Wildman–Crippen MR) is 87.9 cm³/mol. The minimum atomic E-state index is -1.20. The number of carbonyl (C=O) groups excluding carboxylic acids is 1. The van der Waals surface area contributed by atoms with Crippen LogP contribution in [0, 0.1) is 0 Å². The van der Waals surface area contributed by atoms with E-state index in [4.69, 9.17) is 4.74 Å². The Morgan fingerprint density at radius 2 is 2.09 bits per heavy atom. The molecule has 1 atom stereocenters. The highest BCUT2D eigenvalue weighted by Gasteiger charge is 2.49. The fourth-order valence-electron chi connectivity index (χ4n) is 3.04. The van der Waals surface area contributed by atoms with Gasteiger partial charge in [0, 0.05) is 20.1 Å². The third-order valence-corrected chi connectivity index (χ3v) is 4.21. The number of methoxy groups -OCH3 is 1. The molecule has 2 rings (SSSR count). The van der Waals surface area contributed by atoms with Crippen LogP contribution < -0.4 is 0 Å². The maximum Gasteiger partial charge on any atom is 0.332 e. The number of ether oxygens (including phenoxy) is 1. The highest BCUT2D eigenvalue weighted by molar-refractivity contribution is 5.88. The van der Waals surface area contributed by atoms with Gasteiger partial charge in [-0.05, 0) is 24.8 Å². The number of carboxylic acid groups (broad SMARTS) is 1. The number of aliphatic carboxylic acids is 1. The zero-order chi connectivity index (χ0) is 16.7. The summed E-state index contributed by atoms with van der Waals surface area (Å²) >= 11 is 0. The van der Waals surface area contributed by atoms with Crippen molar-refractivity contribution >= 4 is 18.0 Å². The highest BCUT2D eigenvalue weighted by Crippen LogP contribution is 2.31. The van der Waals surface area contributed by atoms with E-state index in [-0.39, 0.29) is 12.5 Å². The highest BCUT2D eigenvalue weighted by atomic mass is 16.5. The van der Waals surface area contributed by atoms with E-state index in [2.05, 4.69) is 0 Å². The van der Waals surface area contributed by atoms with Gasteiger partial charge in [0.15, 0.2) is 5.54 Å². The van der Waals surface area contributed by atoms with Crippen molar-refractivity contribution in [1.82, 2.24) is 4.90 Å². The lowest BCUT2D eigenvalue weighted by atomic mass is 9.97. The standard InChI is InChI=1S/C18H23NO4/c1-23-14-18(17(21)22)12-7-13-19(18)16(20)11-6-5-10-15-8-3-2-4-9-15/h2-5,8-10H,6-7,11-14H2,1H3,(H,21,22)/b10-5+. The fraction of sp³-hybridized carbons (Fsp3) is 0.444. The lowest BCUT2D eigenvalue weighted by Gasteiger charge is -2.34. The van der Waals surface area contributed by atoms with Crippen LogP contribution >= 0.6 is 0 Å². The van der Waals surface area contributed by atoms with Crippen LogP contribution in [0.15, 0.2) is 36.4 Å². The van der Waals surface area contributed by atoms with Crippen LogP contribution in [0.2, 0.25) is 0 Å². The van der Waals surface area contributed by atoms with Crippen molar-refractivity contribution in [2.45, 2.75) is 31.2 Å². The van der Waals surface area contributed by atoms with Gasteiger partial charge in [0.2, 0.25) is 5.91 Å². The molecule has 1 fully saturated rings. The molecule has 1 heterocycles. The molecule has 1 aliphatic rings. The van der Waals surface area contributed by atoms with Gasteiger partial charge in [-0.2, -0.15) is 0 Å². The fourth-order valence-corrected chi connectivity index (χ4v) is 3.04. The molecule has 0 bridgehead atoms. The van der Waals surface area contributed by atoms with Gasteiger partial charge in [-0.15, -0.1) is 0 Å². The monoisotopic (exact) mass is 317 g/mol. The minimum Gasteiger partial charge on any atom is -0.479 e. The minimum absolute atomic E-state index is 0.0356. The molecule has 1 amide bonds. The SMILES string of the molecule is COCC1(C(=O)O)CCCN1C(=O)CC/C=C/c1ccccc1. The summed E-state index contributed by atoms with van der Waals surface area (Å²) in [6.45, 7) is 0.519. The Kier molecular flexibility index (Phi) is 5.93. The number of amides is 1. The molecule has 1 aromatic rings. The molecule has 0 spiro atoms. The number of hydrogen-bond donors (Lipinski definition) is 1. The third-order valence-electron chi connectivity index (χ3n) is 4.21. The molecule has 5 heteroatoms. The predicted octanol–water partition coefficient (Wildman–Crippen LogP) is 2.57. The van der Waals surface area contributed by atoms with E-state index in [1.165, 1.54) is 12.0 Å². The molecule has 23 heavy (non-hydrogen) atoms. The summed E-state index contributed by atoms with van der Waals surface area (Å²) in [6.07, 6.45) is 5.96. The van der Waals surface area contributed by atoms with Crippen LogP contribution in [-0.4, -0.2) is 47.7 Å². The van der Waals surface area contributed by atoms with Gasteiger partial charge in [-0.25, -0.2) is 4.79 Å². The zero-order valence-electron chi connectivity index (χ0n) is 13.4. The average Bonchev–Trinajstić information content (AvgIpc) is 2.98. The van der Waals surface area contributed by atoms with E-state index < -0.39 is 11.5 Å². The first-order valence-electron chi connectivity index (χ1n) is 7.84. The second-order valence-corrected chi connectivity index (χ2v) is 5.77. The van der Waals surface area contributed by atoms with Crippen LogP contribution in [0.1, 0.15) is 31.2 Å². The Morgan fingerprint density at radius 1 is 1.35 bits per heavy atom. The van der Waals surface area contributed by atoms with Crippen LogP contribution in [-0.2, 0) is 14.3 Å². The van der Waals surface area contributed by atoms with Crippen LogP contribution in [0.4, 0.5) is 0 Å². The Labute approximate surface area is 136 Å². The van der Waals surface area contributed by atoms with E-state index >= 15 is 0 Å². The quantitative estimate of drug-likeness (QED) is 0.839. The molecule has 0 aliphatic carbocycles. The van der Waals surface area contributed by atoms with Crippen molar-refractivity contribution in [2.24, 2.45) is 0 Å². The second-order valence-electron chi connectivity index (χ2n) is 5.77. The van der Waals surface area contributed by atoms with Gasteiger partial charge < -0.3 is 14.7 Å². The van der Waals surface area contributed by atoms with Gasteiger partial charge in [0.1, 0.15) is 0 Å². The molecular weight excluding hydrogens is 294 g/mol. The van der Waals surface area contributed by atoms with Gasteiger partial charge in [0.05, 0.1) is 6.61 Å².